The topological polar surface area (TPSA) is 46.2 Å². The van der Waals surface area contributed by atoms with Crippen LogP contribution in [0.2, 0.25) is 0 Å². The van der Waals surface area contributed by atoms with Crippen LogP contribution < -0.4 is 5.73 Å². The zero-order valence-corrected chi connectivity index (χ0v) is 11.1. The molecule has 17 heavy (non-hydrogen) atoms. The van der Waals surface area contributed by atoms with Gasteiger partial charge < -0.3 is 10.8 Å². The number of phenols is 1. The number of benzene rings is 1. The van der Waals surface area contributed by atoms with Crippen LogP contribution in [-0.4, -0.2) is 11.7 Å². The van der Waals surface area contributed by atoms with E-state index in [9.17, 15) is 5.11 Å². The lowest BCUT2D eigenvalue weighted by Gasteiger charge is -2.26. The minimum atomic E-state index is 0.0594. The standard InChI is InChI=1S/C15H23NO/c1-4-14(2,3)11-5-6-13(17)12(9-11)15(10-16)7-8-15/h5-6,9,17H,4,7-8,10,16H2,1-3H3. The Morgan fingerprint density at radius 2 is 2.00 bits per heavy atom. The van der Waals surface area contributed by atoms with Gasteiger partial charge in [0, 0.05) is 17.5 Å². The minimum Gasteiger partial charge on any atom is -0.508 e. The zero-order chi connectivity index (χ0) is 12.7. The van der Waals surface area contributed by atoms with Crippen LogP contribution in [0.4, 0.5) is 0 Å². The molecule has 0 bridgehead atoms. The van der Waals surface area contributed by atoms with Crippen LogP contribution in [0.3, 0.4) is 0 Å². The van der Waals surface area contributed by atoms with E-state index in [0.717, 1.165) is 24.8 Å². The maximum Gasteiger partial charge on any atom is 0.119 e. The summed E-state index contributed by atoms with van der Waals surface area (Å²) in [5.74, 6) is 0.406. The van der Waals surface area contributed by atoms with Crippen LogP contribution in [0, 0.1) is 0 Å². The molecule has 0 aliphatic heterocycles. The molecule has 1 aromatic carbocycles. The Hall–Kier alpha value is -1.02. The van der Waals surface area contributed by atoms with Gasteiger partial charge in [-0.05, 0) is 36.3 Å². The molecule has 0 atom stereocenters. The van der Waals surface area contributed by atoms with E-state index in [0.29, 0.717) is 12.3 Å². The zero-order valence-electron chi connectivity index (χ0n) is 11.1. The molecule has 0 saturated heterocycles. The highest BCUT2D eigenvalue weighted by atomic mass is 16.3. The van der Waals surface area contributed by atoms with Gasteiger partial charge in [0.15, 0.2) is 0 Å². The molecule has 0 heterocycles. The van der Waals surface area contributed by atoms with Crippen molar-refractivity contribution in [3.63, 3.8) is 0 Å². The predicted molar refractivity (Wildman–Crippen MR) is 71.4 cm³/mol. The van der Waals surface area contributed by atoms with Crippen molar-refractivity contribution < 1.29 is 5.11 Å². The fraction of sp³-hybridized carbons (Fsp3) is 0.600. The van der Waals surface area contributed by atoms with Crippen LogP contribution in [-0.2, 0) is 10.8 Å². The Labute approximate surface area is 104 Å². The first-order valence-corrected chi connectivity index (χ1v) is 6.49. The first kappa shape index (κ1) is 12.4. The Bertz CT molecular complexity index is 419. The predicted octanol–water partition coefficient (Wildman–Crippen LogP) is 3.07. The number of rotatable bonds is 4. The summed E-state index contributed by atoms with van der Waals surface area (Å²) in [5.41, 5.74) is 8.42. The van der Waals surface area contributed by atoms with Gasteiger partial charge in [-0.15, -0.1) is 0 Å². The molecule has 3 N–H and O–H groups in total. The highest BCUT2D eigenvalue weighted by Gasteiger charge is 2.45. The van der Waals surface area contributed by atoms with Crippen molar-refractivity contribution in [3.8, 4) is 5.75 Å². The molecule has 0 amide bonds. The molecule has 1 saturated carbocycles. The molecule has 1 fully saturated rings. The van der Waals surface area contributed by atoms with E-state index in [4.69, 9.17) is 5.73 Å². The lowest BCUT2D eigenvalue weighted by Crippen LogP contribution is -2.22. The molecule has 0 spiro atoms. The Balaban J connectivity index is 2.44. The summed E-state index contributed by atoms with van der Waals surface area (Å²) >= 11 is 0. The molecule has 2 heteroatoms. The van der Waals surface area contributed by atoms with Crippen molar-refractivity contribution in [1.29, 1.82) is 0 Å². The largest absolute Gasteiger partial charge is 0.508 e. The number of nitrogens with two attached hydrogens (primary N) is 1. The summed E-state index contributed by atoms with van der Waals surface area (Å²) in [6.45, 7) is 7.31. The summed E-state index contributed by atoms with van der Waals surface area (Å²) < 4.78 is 0. The average Bonchev–Trinajstić information content (AvgIpc) is 3.10. The summed E-state index contributed by atoms with van der Waals surface area (Å²) in [6.07, 6.45) is 3.30. The Kier molecular flexibility index (Phi) is 2.94. The molecule has 2 nitrogen and oxygen atoms in total. The summed E-state index contributed by atoms with van der Waals surface area (Å²) in [4.78, 5) is 0. The van der Waals surface area contributed by atoms with E-state index in [1.54, 1.807) is 0 Å². The molecule has 1 aromatic rings. The SMILES string of the molecule is CCC(C)(C)c1ccc(O)c(C2(CN)CC2)c1. The second-order valence-corrected chi connectivity index (χ2v) is 5.95. The Morgan fingerprint density at radius 1 is 1.35 bits per heavy atom. The molecule has 94 valence electrons. The summed E-state index contributed by atoms with van der Waals surface area (Å²) in [7, 11) is 0. The van der Waals surface area contributed by atoms with E-state index in [1.165, 1.54) is 5.56 Å². The van der Waals surface area contributed by atoms with E-state index >= 15 is 0 Å². The van der Waals surface area contributed by atoms with E-state index in [2.05, 4.69) is 26.8 Å². The van der Waals surface area contributed by atoms with Crippen molar-refractivity contribution in [1.82, 2.24) is 0 Å². The number of phenolic OH excluding ortho intramolecular Hbond substituents is 1. The molecular formula is C15H23NO. The van der Waals surface area contributed by atoms with Gasteiger partial charge in [0.1, 0.15) is 5.75 Å². The quantitative estimate of drug-likeness (QED) is 0.839. The van der Waals surface area contributed by atoms with Crippen LogP contribution in [0.1, 0.15) is 51.2 Å². The third-order valence-corrected chi connectivity index (χ3v) is 4.48. The fourth-order valence-corrected chi connectivity index (χ4v) is 2.32. The highest BCUT2D eigenvalue weighted by molar-refractivity contribution is 5.46. The van der Waals surface area contributed by atoms with Crippen LogP contribution in [0.5, 0.6) is 5.75 Å². The van der Waals surface area contributed by atoms with E-state index in [1.807, 2.05) is 12.1 Å². The van der Waals surface area contributed by atoms with Gasteiger partial charge in [0.2, 0.25) is 0 Å². The molecule has 0 unspecified atom stereocenters. The summed E-state index contributed by atoms with van der Waals surface area (Å²) in [5, 5.41) is 10.0. The van der Waals surface area contributed by atoms with Gasteiger partial charge in [-0.3, -0.25) is 0 Å². The van der Waals surface area contributed by atoms with Crippen molar-refractivity contribution in [2.75, 3.05) is 6.54 Å². The van der Waals surface area contributed by atoms with Crippen molar-refractivity contribution in [3.05, 3.63) is 29.3 Å². The first-order chi connectivity index (χ1) is 7.95. The highest BCUT2D eigenvalue weighted by Crippen LogP contribution is 2.51. The van der Waals surface area contributed by atoms with Crippen molar-refractivity contribution in [2.24, 2.45) is 5.73 Å². The second kappa shape index (κ2) is 4.02. The molecular weight excluding hydrogens is 210 g/mol. The lowest BCUT2D eigenvalue weighted by molar-refractivity contribution is 0.454. The van der Waals surface area contributed by atoms with Crippen LogP contribution in [0.25, 0.3) is 0 Å². The molecule has 1 aliphatic carbocycles. The van der Waals surface area contributed by atoms with Gasteiger partial charge >= 0.3 is 0 Å². The van der Waals surface area contributed by atoms with Gasteiger partial charge in [-0.2, -0.15) is 0 Å². The number of hydrogen-bond donors (Lipinski definition) is 2. The second-order valence-electron chi connectivity index (χ2n) is 5.95. The average molecular weight is 233 g/mol. The first-order valence-electron chi connectivity index (χ1n) is 6.49. The molecule has 0 aromatic heterocycles. The van der Waals surface area contributed by atoms with Crippen molar-refractivity contribution >= 4 is 0 Å². The van der Waals surface area contributed by atoms with Gasteiger partial charge in [-0.25, -0.2) is 0 Å². The fourth-order valence-electron chi connectivity index (χ4n) is 2.32. The third-order valence-electron chi connectivity index (χ3n) is 4.48. The molecule has 2 rings (SSSR count). The minimum absolute atomic E-state index is 0.0594. The van der Waals surface area contributed by atoms with E-state index < -0.39 is 0 Å². The smallest absolute Gasteiger partial charge is 0.119 e. The molecule has 0 radical (unpaired) electrons. The maximum absolute atomic E-state index is 10.0. The maximum atomic E-state index is 10.0. The normalized spacial score (nSPS) is 18.1. The van der Waals surface area contributed by atoms with Gasteiger partial charge in [0.25, 0.3) is 0 Å². The van der Waals surface area contributed by atoms with Crippen LogP contribution in [0.15, 0.2) is 18.2 Å². The third kappa shape index (κ3) is 2.06. The number of aromatic hydroxyl groups is 1. The van der Waals surface area contributed by atoms with Crippen LogP contribution >= 0.6 is 0 Å². The molecule has 1 aliphatic rings. The Morgan fingerprint density at radius 3 is 2.47 bits per heavy atom. The van der Waals surface area contributed by atoms with Crippen molar-refractivity contribution in [2.45, 2.75) is 50.9 Å². The monoisotopic (exact) mass is 233 g/mol. The summed E-state index contributed by atoms with van der Waals surface area (Å²) in [6, 6.07) is 6.03. The van der Waals surface area contributed by atoms with Gasteiger partial charge in [-0.1, -0.05) is 32.9 Å². The number of hydrogen-bond acceptors (Lipinski definition) is 2. The van der Waals surface area contributed by atoms with E-state index in [-0.39, 0.29) is 10.8 Å². The lowest BCUT2D eigenvalue weighted by atomic mass is 9.80. The van der Waals surface area contributed by atoms with Gasteiger partial charge in [0.05, 0.1) is 0 Å².